The van der Waals surface area contributed by atoms with Crippen molar-refractivity contribution in [2.24, 2.45) is 5.92 Å². The van der Waals surface area contributed by atoms with Gasteiger partial charge in [-0.1, -0.05) is 61.5 Å². The lowest BCUT2D eigenvalue weighted by molar-refractivity contribution is -0.118. The second kappa shape index (κ2) is 9.94. The molecule has 0 spiro atoms. The normalized spacial score (nSPS) is 11.2. The van der Waals surface area contributed by atoms with Crippen molar-refractivity contribution in [3.63, 3.8) is 0 Å². The highest BCUT2D eigenvalue weighted by Crippen LogP contribution is 2.19. The molecule has 1 aromatic heterocycles. The van der Waals surface area contributed by atoms with Gasteiger partial charge >= 0.3 is 0 Å². The van der Waals surface area contributed by atoms with E-state index in [0.29, 0.717) is 40.1 Å². The van der Waals surface area contributed by atoms with E-state index in [4.69, 9.17) is 11.6 Å². The van der Waals surface area contributed by atoms with Gasteiger partial charge in [0.1, 0.15) is 0 Å². The smallest absolute Gasteiger partial charge is 0.262 e. The number of thioether (sulfide) groups is 1. The Morgan fingerprint density at radius 3 is 2.76 bits per heavy atom. The lowest BCUT2D eigenvalue weighted by Crippen LogP contribution is -2.27. The topological polar surface area (TPSA) is 64.0 Å². The van der Waals surface area contributed by atoms with E-state index >= 15 is 0 Å². The van der Waals surface area contributed by atoms with Gasteiger partial charge in [-0.2, -0.15) is 0 Å². The highest BCUT2D eigenvalue weighted by atomic mass is 35.5. The molecule has 7 heteroatoms. The van der Waals surface area contributed by atoms with Crippen molar-refractivity contribution in [1.82, 2.24) is 14.9 Å². The minimum Gasteiger partial charge on any atom is -0.351 e. The van der Waals surface area contributed by atoms with Crippen LogP contribution in [0.2, 0.25) is 5.02 Å². The molecular weight excluding hydrogens is 406 g/mol. The van der Waals surface area contributed by atoms with E-state index in [-0.39, 0.29) is 17.2 Å². The van der Waals surface area contributed by atoms with E-state index in [9.17, 15) is 9.59 Å². The maximum absolute atomic E-state index is 12.9. The summed E-state index contributed by atoms with van der Waals surface area (Å²) in [6.45, 7) is 5.23. The molecule has 0 saturated carbocycles. The molecule has 0 bridgehead atoms. The summed E-state index contributed by atoms with van der Waals surface area (Å²) in [6.07, 6.45) is 0.869. The number of nitrogens with one attached hydrogen (secondary N) is 1. The van der Waals surface area contributed by atoms with Gasteiger partial charge in [-0.05, 0) is 42.2 Å². The Balaban J connectivity index is 1.73. The van der Waals surface area contributed by atoms with Crippen LogP contribution < -0.4 is 10.9 Å². The molecule has 0 fully saturated rings. The molecule has 0 saturated heterocycles. The molecule has 2 aromatic carbocycles. The maximum Gasteiger partial charge on any atom is 0.262 e. The third-order valence-electron chi connectivity index (χ3n) is 4.47. The molecule has 0 atom stereocenters. The molecular formula is C22H24ClN3O2S. The first-order valence-corrected chi connectivity index (χ1v) is 10.9. The molecule has 0 aliphatic carbocycles. The second-order valence-corrected chi connectivity index (χ2v) is 8.63. The van der Waals surface area contributed by atoms with Crippen molar-refractivity contribution in [3.8, 4) is 0 Å². The minimum absolute atomic E-state index is 0.0573. The Bertz CT molecular complexity index is 1070. The van der Waals surface area contributed by atoms with Crippen LogP contribution in [0.3, 0.4) is 0 Å². The van der Waals surface area contributed by atoms with Gasteiger partial charge in [0, 0.05) is 18.1 Å². The molecule has 5 nitrogen and oxygen atoms in total. The summed E-state index contributed by atoms with van der Waals surface area (Å²) >= 11 is 7.26. The van der Waals surface area contributed by atoms with Crippen LogP contribution in [0, 0.1) is 5.92 Å². The number of fused-ring (bicyclic) bond motifs is 1. The van der Waals surface area contributed by atoms with Crippen LogP contribution in [-0.2, 0) is 17.9 Å². The predicted molar refractivity (Wildman–Crippen MR) is 119 cm³/mol. The number of carbonyl (C=O) groups excluding carboxylic acids is 1. The van der Waals surface area contributed by atoms with Crippen LogP contribution >= 0.6 is 23.4 Å². The lowest BCUT2D eigenvalue weighted by Gasteiger charge is -2.14. The Morgan fingerprint density at radius 2 is 2.00 bits per heavy atom. The molecule has 0 aliphatic heterocycles. The van der Waals surface area contributed by atoms with Gasteiger partial charge in [-0.15, -0.1) is 0 Å². The highest BCUT2D eigenvalue weighted by Gasteiger charge is 2.13. The van der Waals surface area contributed by atoms with E-state index in [2.05, 4.69) is 24.1 Å². The number of hydrogen-bond acceptors (Lipinski definition) is 4. The zero-order valence-corrected chi connectivity index (χ0v) is 18.1. The molecule has 1 N–H and O–H groups in total. The van der Waals surface area contributed by atoms with Gasteiger partial charge in [0.15, 0.2) is 5.16 Å². The number of hydrogen-bond donors (Lipinski definition) is 1. The zero-order valence-electron chi connectivity index (χ0n) is 16.5. The number of rotatable bonds is 8. The van der Waals surface area contributed by atoms with Crippen LogP contribution in [0.4, 0.5) is 0 Å². The van der Waals surface area contributed by atoms with Crippen molar-refractivity contribution in [2.45, 2.75) is 38.5 Å². The first-order valence-electron chi connectivity index (χ1n) is 9.57. The van der Waals surface area contributed by atoms with E-state index in [0.717, 1.165) is 12.0 Å². The van der Waals surface area contributed by atoms with Crippen molar-refractivity contribution in [3.05, 3.63) is 69.5 Å². The standard InChI is InChI=1S/C22H24ClN3O2S/c1-15(2)10-11-26-21(28)18-8-3-4-9-19(18)25-22(26)29-14-20(27)24-13-16-6-5-7-17(23)12-16/h3-9,12,15H,10-11,13-14H2,1-2H3,(H,24,27). The largest absolute Gasteiger partial charge is 0.351 e. The number of amides is 1. The molecule has 29 heavy (non-hydrogen) atoms. The van der Waals surface area contributed by atoms with Crippen molar-refractivity contribution < 1.29 is 4.79 Å². The highest BCUT2D eigenvalue weighted by molar-refractivity contribution is 7.99. The number of nitrogens with zero attached hydrogens (tertiary/aromatic N) is 2. The Kier molecular flexibility index (Phi) is 7.34. The fraction of sp³-hybridized carbons (Fsp3) is 0.318. The quantitative estimate of drug-likeness (QED) is 0.423. The molecule has 0 unspecified atom stereocenters. The Labute approximate surface area is 179 Å². The molecule has 0 aliphatic rings. The number of carbonyl (C=O) groups is 1. The summed E-state index contributed by atoms with van der Waals surface area (Å²) in [6, 6.07) is 14.7. The van der Waals surface area contributed by atoms with Crippen molar-refractivity contribution in [2.75, 3.05) is 5.75 Å². The summed E-state index contributed by atoms with van der Waals surface area (Å²) in [4.78, 5) is 29.9. The van der Waals surface area contributed by atoms with Gasteiger partial charge in [-0.3, -0.25) is 14.2 Å². The summed E-state index contributed by atoms with van der Waals surface area (Å²) < 4.78 is 1.69. The van der Waals surface area contributed by atoms with Gasteiger partial charge in [0.25, 0.3) is 5.56 Å². The second-order valence-electron chi connectivity index (χ2n) is 7.25. The van der Waals surface area contributed by atoms with E-state index in [1.54, 1.807) is 16.7 Å². The predicted octanol–water partition coefficient (Wildman–Crippen LogP) is 4.50. The summed E-state index contributed by atoms with van der Waals surface area (Å²) in [5.41, 5.74) is 1.53. The lowest BCUT2D eigenvalue weighted by atomic mass is 10.1. The summed E-state index contributed by atoms with van der Waals surface area (Å²) in [5, 5.41) is 4.70. The molecule has 3 rings (SSSR count). The van der Waals surface area contributed by atoms with Crippen molar-refractivity contribution >= 4 is 40.2 Å². The number of benzene rings is 2. The third kappa shape index (κ3) is 5.84. The zero-order chi connectivity index (χ0) is 20.8. The van der Waals surface area contributed by atoms with Gasteiger partial charge in [0.2, 0.25) is 5.91 Å². The van der Waals surface area contributed by atoms with Crippen LogP contribution in [0.15, 0.2) is 58.5 Å². The first kappa shape index (κ1) is 21.4. The number of para-hydroxylation sites is 1. The maximum atomic E-state index is 12.9. The van der Waals surface area contributed by atoms with Crippen LogP contribution in [0.1, 0.15) is 25.8 Å². The van der Waals surface area contributed by atoms with E-state index < -0.39 is 0 Å². The van der Waals surface area contributed by atoms with Gasteiger partial charge < -0.3 is 5.32 Å². The molecule has 1 amide bonds. The van der Waals surface area contributed by atoms with Crippen LogP contribution in [0.5, 0.6) is 0 Å². The van der Waals surface area contributed by atoms with Gasteiger partial charge in [-0.25, -0.2) is 4.98 Å². The number of halogens is 1. The summed E-state index contributed by atoms with van der Waals surface area (Å²) in [7, 11) is 0. The number of aromatic nitrogens is 2. The van der Waals surface area contributed by atoms with Crippen molar-refractivity contribution in [1.29, 1.82) is 0 Å². The fourth-order valence-electron chi connectivity index (χ4n) is 2.87. The average molecular weight is 430 g/mol. The minimum atomic E-state index is -0.118. The molecule has 152 valence electrons. The van der Waals surface area contributed by atoms with Crippen LogP contribution in [0.25, 0.3) is 10.9 Å². The van der Waals surface area contributed by atoms with E-state index in [1.165, 1.54) is 11.8 Å². The van der Waals surface area contributed by atoms with E-state index in [1.807, 2.05) is 36.4 Å². The van der Waals surface area contributed by atoms with Crippen LogP contribution in [-0.4, -0.2) is 21.2 Å². The summed E-state index contributed by atoms with van der Waals surface area (Å²) in [5.74, 6) is 0.535. The average Bonchev–Trinajstić information content (AvgIpc) is 2.70. The Hall–Kier alpha value is -2.31. The Morgan fingerprint density at radius 1 is 1.21 bits per heavy atom. The van der Waals surface area contributed by atoms with Gasteiger partial charge in [0.05, 0.1) is 16.7 Å². The first-order chi connectivity index (χ1) is 13.9. The molecule has 3 aromatic rings. The molecule has 1 heterocycles. The fourth-order valence-corrected chi connectivity index (χ4v) is 3.94. The monoisotopic (exact) mass is 429 g/mol. The third-order valence-corrected chi connectivity index (χ3v) is 5.68. The molecule has 0 radical (unpaired) electrons. The SMILES string of the molecule is CC(C)CCn1c(SCC(=O)NCc2cccc(Cl)c2)nc2ccccc2c1=O.